The lowest BCUT2D eigenvalue weighted by Gasteiger charge is -2.12. The molecule has 0 atom stereocenters. The van der Waals surface area contributed by atoms with E-state index >= 15 is 0 Å². The lowest BCUT2D eigenvalue weighted by molar-refractivity contribution is 0.584. The zero-order valence-corrected chi connectivity index (χ0v) is 15.5. The van der Waals surface area contributed by atoms with Crippen LogP contribution in [0.3, 0.4) is 0 Å². The van der Waals surface area contributed by atoms with Crippen LogP contribution >= 0.6 is 27.7 Å². The summed E-state index contributed by atoms with van der Waals surface area (Å²) < 4.78 is 16.3. The van der Waals surface area contributed by atoms with Gasteiger partial charge in [-0.2, -0.15) is 0 Å². The van der Waals surface area contributed by atoms with Crippen LogP contribution in [0.5, 0.6) is 0 Å². The van der Waals surface area contributed by atoms with Gasteiger partial charge in [0.1, 0.15) is 5.82 Å². The first-order chi connectivity index (χ1) is 11.6. The number of nitrogens with zero attached hydrogens (tertiary/aromatic N) is 2. The van der Waals surface area contributed by atoms with Crippen LogP contribution in [0.2, 0.25) is 0 Å². The van der Waals surface area contributed by atoms with E-state index in [4.69, 9.17) is 0 Å². The number of aromatic nitrogens is 2. The SMILES string of the molecule is CCCn1c(SCc2ccccc2F)nc2ccc(Br)cc2c1=O. The first kappa shape index (κ1) is 17.2. The average molecular weight is 407 g/mol. The molecule has 0 saturated heterocycles. The van der Waals surface area contributed by atoms with Crippen molar-refractivity contribution in [2.24, 2.45) is 0 Å². The first-order valence-corrected chi connectivity index (χ1v) is 9.44. The molecule has 3 nitrogen and oxygen atoms in total. The Hall–Kier alpha value is -1.66. The number of halogens is 2. The van der Waals surface area contributed by atoms with Gasteiger partial charge in [-0.3, -0.25) is 9.36 Å². The Morgan fingerprint density at radius 3 is 2.79 bits per heavy atom. The van der Waals surface area contributed by atoms with Crippen molar-refractivity contribution in [2.75, 3.05) is 0 Å². The lowest BCUT2D eigenvalue weighted by Crippen LogP contribution is -2.23. The summed E-state index contributed by atoms with van der Waals surface area (Å²) in [7, 11) is 0. The van der Waals surface area contributed by atoms with Gasteiger partial charge in [-0.1, -0.05) is 52.8 Å². The van der Waals surface area contributed by atoms with Gasteiger partial charge >= 0.3 is 0 Å². The van der Waals surface area contributed by atoms with E-state index in [0.717, 1.165) is 10.9 Å². The molecule has 0 spiro atoms. The average Bonchev–Trinajstić information content (AvgIpc) is 2.58. The van der Waals surface area contributed by atoms with E-state index in [2.05, 4.69) is 20.9 Å². The van der Waals surface area contributed by atoms with E-state index in [1.807, 2.05) is 25.1 Å². The predicted molar refractivity (Wildman–Crippen MR) is 100.0 cm³/mol. The first-order valence-electron chi connectivity index (χ1n) is 7.66. The zero-order chi connectivity index (χ0) is 17.1. The standard InChI is InChI=1S/C18H16BrFN2OS/c1-2-9-22-17(23)14-10-13(19)7-8-16(14)21-18(22)24-11-12-5-3-4-6-15(12)20/h3-8,10H,2,9,11H2,1H3. The molecule has 0 saturated carbocycles. The highest BCUT2D eigenvalue weighted by atomic mass is 79.9. The predicted octanol–water partition coefficient (Wildman–Crippen LogP) is 5.00. The summed E-state index contributed by atoms with van der Waals surface area (Å²) in [6, 6.07) is 12.2. The Morgan fingerprint density at radius 1 is 1.25 bits per heavy atom. The molecule has 0 aliphatic heterocycles. The maximum atomic E-state index is 13.8. The third kappa shape index (κ3) is 3.54. The molecule has 0 unspecified atom stereocenters. The topological polar surface area (TPSA) is 34.9 Å². The van der Waals surface area contributed by atoms with Crippen LogP contribution in [-0.4, -0.2) is 9.55 Å². The Kier molecular flexibility index (Phi) is 5.36. The van der Waals surface area contributed by atoms with Gasteiger partial charge in [0.15, 0.2) is 5.16 Å². The third-order valence-electron chi connectivity index (χ3n) is 3.64. The Labute approximate surface area is 152 Å². The monoisotopic (exact) mass is 406 g/mol. The van der Waals surface area contributed by atoms with Gasteiger partial charge < -0.3 is 0 Å². The lowest BCUT2D eigenvalue weighted by atomic mass is 10.2. The summed E-state index contributed by atoms with van der Waals surface area (Å²) in [5, 5.41) is 1.22. The van der Waals surface area contributed by atoms with Crippen LogP contribution in [-0.2, 0) is 12.3 Å². The maximum absolute atomic E-state index is 13.8. The molecule has 6 heteroatoms. The van der Waals surface area contributed by atoms with Crippen LogP contribution in [0, 0.1) is 5.82 Å². The van der Waals surface area contributed by atoms with Crippen LogP contribution < -0.4 is 5.56 Å². The molecule has 0 bridgehead atoms. The summed E-state index contributed by atoms with van der Waals surface area (Å²) in [5.74, 6) is 0.198. The molecule has 1 heterocycles. The minimum absolute atomic E-state index is 0.0563. The van der Waals surface area contributed by atoms with Crippen molar-refractivity contribution in [1.29, 1.82) is 0 Å². The molecule has 0 N–H and O–H groups in total. The van der Waals surface area contributed by atoms with Crippen molar-refractivity contribution in [3.63, 3.8) is 0 Å². The van der Waals surface area contributed by atoms with Gasteiger partial charge in [-0.15, -0.1) is 0 Å². The fourth-order valence-corrected chi connectivity index (χ4v) is 3.83. The minimum Gasteiger partial charge on any atom is -0.287 e. The molecule has 0 fully saturated rings. The van der Waals surface area contributed by atoms with E-state index in [1.165, 1.54) is 17.8 Å². The second kappa shape index (κ2) is 7.49. The van der Waals surface area contributed by atoms with Crippen molar-refractivity contribution < 1.29 is 4.39 Å². The fourth-order valence-electron chi connectivity index (χ4n) is 2.46. The van der Waals surface area contributed by atoms with Gasteiger partial charge in [0.25, 0.3) is 5.56 Å². The molecule has 124 valence electrons. The molecule has 0 amide bonds. The number of rotatable bonds is 5. The van der Waals surface area contributed by atoms with Crippen molar-refractivity contribution >= 4 is 38.6 Å². The van der Waals surface area contributed by atoms with E-state index in [1.54, 1.807) is 22.8 Å². The van der Waals surface area contributed by atoms with Crippen molar-refractivity contribution in [2.45, 2.75) is 30.8 Å². The van der Waals surface area contributed by atoms with E-state index in [-0.39, 0.29) is 11.4 Å². The number of hydrogen-bond acceptors (Lipinski definition) is 3. The Bertz CT molecular complexity index is 942. The second-order valence-electron chi connectivity index (χ2n) is 5.39. The summed E-state index contributed by atoms with van der Waals surface area (Å²) in [6.45, 7) is 2.61. The van der Waals surface area contributed by atoms with Crippen LogP contribution in [0.25, 0.3) is 10.9 Å². The summed E-state index contributed by atoms with van der Waals surface area (Å²) in [4.78, 5) is 17.4. The van der Waals surface area contributed by atoms with Crippen molar-refractivity contribution in [3.05, 3.63) is 68.7 Å². The molecule has 0 aliphatic carbocycles. The molecular weight excluding hydrogens is 391 g/mol. The van der Waals surface area contributed by atoms with Crippen molar-refractivity contribution in [1.82, 2.24) is 9.55 Å². The smallest absolute Gasteiger partial charge is 0.262 e. The van der Waals surface area contributed by atoms with Crippen LogP contribution in [0.1, 0.15) is 18.9 Å². The normalized spacial score (nSPS) is 11.1. The summed E-state index contributed by atoms with van der Waals surface area (Å²) in [5.41, 5.74) is 1.21. The molecule has 1 aromatic heterocycles. The highest BCUT2D eigenvalue weighted by molar-refractivity contribution is 9.10. The van der Waals surface area contributed by atoms with Gasteiger partial charge in [0.2, 0.25) is 0 Å². The van der Waals surface area contributed by atoms with E-state index in [9.17, 15) is 9.18 Å². The number of thioether (sulfide) groups is 1. The van der Waals surface area contributed by atoms with Gasteiger partial charge in [-0.25, -0.2) is 9.37 Å². The largest absolute Gasteiger partial charge is 0.287 e. The van der Waals surface area contributed by atoms with E-state index in [0.29, 0.717) is 33.9 Å². The third-order valence-corrected chi connectivity index (χ3v) is 5.16. The molecule has 2 aromatic carbocycles. The summed E-state index contributed by atoms with van der Waals surface area (Å²) in [6.07, 6.45) is 0.828. The summed E-state index contributed by atoms with van der Waals surface area (Å²) >= 11 is 4.78. The van der Waals surface area contributed by atoms with Crippen LogP contribution in [0.4, 0.5) is 4.39 Å². The number of fused-ring (bicyclic) bond motifs is 1. The quantitative estimate of drug-likeness (QED) is 0.441. The number of benzene rings is 2. The van der Waals surface area contributed by atoms with Gasteiger partial charge in [0, 0.05) is 16.8 Å². The molecule has 24 heavy (non-hydrogen) atoms. The molecular formula is C18H16BrFN2OS. The molecule has 3 rings (SSSR count). The zero-order valence-electron chi connectivity index (χ0n) is 13.1. The van der Waals surface area contributed by atoms with Gasteiger partial charge in [0.05, 0.1) is 10.9 Å². The van der Waals surface area contributed by atoms with Crippen molar-refractivity contribution in [3.8, 4) is 0 Å². The number of hydrogen-bond donors (Lipinski definition) is 0. The van der Waals surface area contributed by atoms with E-state index < -0.39 is 0 Å². The van der Waals surface area contributed by atoms with Gasteiger partial charge in [-0.05, 0) is 36.2 Å². The fraction of sp³-hybridized carbons (Fsp3) is 0.222. The minimum atomic E-state index is -0.237. The highest BCUT2D eigenvalue weighted by Crippen LogP contribution is 2.24. The molecule has 0 aliphatic rings. The highest BCUT2D eigenvalue weighted by Gasteiger charge is 2.12. The molecule has 3 aromatic rings. The van der Waals surface area contributed by atoms with Crippen LogP contribution in [0.15, 0.2) is 56.9 Å². The maximum Gasteiger partial charge on any atom is 0.262 e. The Morgan fingerprint density at radius 2 is 2.04 bits per heavy atom. The Balaban J connectivity index is 2.02. The molecule has 0 radical (unpaired) electrons. The second-order valence-corrected chi connectivity index (χ2v) is 7.25.